The summed E-state index contributed by atoms with van der Waals surface area (Å²) in [6.07, 6.45) is 1.86. The minimum absolute atomic E-state index is 0.0287. The van der Waals surface area contributed by atoms with Crippen LogP contribution >= 0.6 is 0 Å². The van der Waals surface area contributed by atoms with Crippen molar-refractivity contribution in [3.8, 4) is 5.75 Å². The lowest BCUT2D eigenvalue weighted by Crippen LogP contribution is -2.45. The van der Waals surface area contributed by atoms with Crippen molar-refractivity contribution in [2.24, 2.45) is 5.92 Å². The predicted molar refractivity (Wildman–Crippen MR) is 89.0 cm³/mol. The van der Waals surface area contributed by atoms with Crippen LogP contribution in [0.5, 0.6) is 5.75 Å². The van der Waals surface area contributed by atoms with Crippen LogP contribution in [-0.4, -0.2) is 44.3 Å². The topological polar surface area (TPSA) is 73.9 Å². The summed E-state index contributed by atoms with van der Waals surface area (Å²) in [4.78, 5) is 24.6. The molecule has 6 heteroatoms. The summed E-state index contributed by atoms with van der Waals surface area (Å²) < 4.78 is 15.8. The van der Waals surface area contributed by atoms with Crippen molar-refractivity contribution in [1.29, 1.82) is 0 Å². The van der Waals surface area contributed by atoms with E-state index in [0.717, 1.165) is 12.8 Å². The first-order chi connectivity index (χ1) is 11.5. The van der Waals surface area contributed by atoms with Crippen LogP contribution in [0.25, 0.3) is 0 Å². The first-order valence-electron chi connectivity index (χ1n) is 8.24. The lowest BCUT2D eigenvalue weighted by atomic mass is 10.0. The third kappa shape index (κ3) is 4.96. The normalized spacial score (nSPS) is 18.2. The number of methoxy groups -OCH3 is 1. The molecule has 1 fully saturated rings. The number of amides is 1. The molecule has 24 heavy (non-hydrogen) atoms. The smallest absolute Gasteiger partial charge is 0.329 e. The van der Waals surface area contributed by atoms with E-state index in [1.54, 1.807) is 31.4 Å². The zero-order chi connectivity index (χ0) is 17.5. The molecule has 2 rings (SSSR count). The summed E-state index contributed by atoms with van der Waals surface area (Å²) in [5.41, 5.74) is 0.466. The Labute approximate surface area is 142 Å². The zero-order valence-electron chi connectivity index (χ0n) is 14.4. The second-order valence-corrected chi connectivity index (χ2v) is 6.19. The molecule has 132 valence electrons. The van der Waals surface area contributed by atoms with Gasteiger partial charge in [0.1, 0.15) is 18.4 Å². The van der Waals surface area contributed by atoms with E-state index in [0.29, 0.717) is 17.9 Å². The van der Waals surface area contributed by atoms with Gasteiger partial charge in [0.2, 0.25) is 0 Å². The molecule has 1 aromatic carbocycles. The molecular formula is C18H25NO5. The number of rotatable bonds is 7. The van der Waals surface area contributed by atoms with Crippen molar-refractivity contribution in [2.45, 2.75) is 38.8 Å². The third-order valence-corrected chi connectivity index (χ3v) is 3.99. The predicted octanol–water partition coefficient (Wildman–Crippen LogP) is 2.17. The summed E-state index contributed by atoms with van der Waals surface area (Å²) >= 11 is 0. The fourth-order valence-corrected chi connectivity index (χ4v) is 2.51. The van der Waals surface area contributed by atoms with Gasteiger partial charge in [0.15, 0.2) is 0 Å². The quantitative estimate of drug-likeness (QED) is 0.773. The molecule has 1 aromatic rings. The lowest BCUT2D eigenvalue weighted by Gasteiger charge is -2.22. The number of esters is 1. The van der Waals surface area contributed by atoms with Crippen LogP contribution in [0.3, 0.4) is 0 Å². The van der Waals surface area contributed by atoms with Gasteiger partial charge in [0.25, 0.3) is 5.91 Å². The molecule has 0 spiro atoms. The maximum absolute atomic E-state index is 12.3. The standard InChI is InChI=1S/C18H25NO5/c1-12(2)16(18(21)24-11-15-5-4-10-23-15)19-17(20)13-6-8-14(22-3)9-7-13/h6-9,12,15-16H,4-5,10-11H2,1-3H3,(H,19,20)/t15-,16-/m1/s1. The van der Waals surface area contributed by atoms with E-state index in [9.17, 15) is 9.59 Å². The number of benzene rings is 1. The van der Waals surface area contributed by atoms with Gasteiger partial charge in [-0.05, 0) is 43.0 Å². The van der Waals surface area contributed by atoms with Crippen molar-refractivity contribution in [1.82, 2.24) is 5.32 Å². The Balaban J connectivity index is 1.93. The van der Waals surface area contributed by atoms with Gasteiger partial charge in [-0.2, -0.15) is 0 Å². The molecule has 1 N–H and O–H groups in total. The maximum Gasteiger partial charge on any atom is 0.329 e. The fourth-order valence-electron chi connectivity index (χ4n) is 2.51. The minimum Gasteiger partial charge on any atom is -0.497 e. The first-order valence-corrected chi connectivity index (χ1v) is 8.24. The van der Waals surface area contributed by atoms with Gasteiger partial charge in [0, 0.05) is 12.2 Å². The Bertz CT molecular complexity index is 549. The molecule has 0 saturated carbocycles. The van der Waals surface area contributed by atoms with Crippen LogP contribution in [0, 0.1) is 5.92 Å². The van der Waals surface area contributed by atoms with Crippen LogP contribution in [0.1, 0.15) is 37.0 Å². The van der Waals surface area contributed by atoms with Crippen molar-refractivity contribution in [2.75, 3.05) is 20.3 Å². The zero-order valence-corrected chi connectivity index (χ0v) is 14.4. The monoisotopic (exact) mass is 335 g/mol. The van der Waals surface area contributed by atoms with Gasteiger partial charge in [0.05, 0.1) is 13.2 Å². The van der Waals surface area contributed by atoms with E-state index in [-0.39, 0.29) is 24.5 Å². The number of ether oxygens (including phenoxy) is 3. The molecule has 0 aliphatic carbocycles. The molecule has 0 unspecified atom stereocenters. The molecule has 0 bridgehead atoms. The van der Waals surface area contributed by atoms with Crippen LogP contribution in [0.15, 0.2) is 24.3 Å². The molecule has 2 atom stereocenters. The number of nitrogens with one attached hydrogen (secondary N) is 1. The van der Waals surface area contributed by atoms with Crippen molar-refractivity contribution < 1.29 is 23.8 Å². The second kappa shape index (κ2) is 8.68. The van der Waals surface area contributed by atoms with Crippen molar-refractivity contribution in [3.05, 3.63) is 29.8 Å². The molecule has 1 aliphatic heterocycles. The highest BCUT2D eigenvalue weighted by atomic mass is 16.6. The summed E-state index contributed by atoms with van der Waals surface area (Å²) in [7, 11) is 1.56. The Morgan fingerprint density at radius 3 is 2.54 bits per heavy atom. The highest BCUT2D eigenvalue weighted by Crippen LogP contribution is 2.14. The van der Waals surface area contributed by atoms with Crippen molar-refractivity contribution in [3.63, 3.8) is 0 Å². The molecule has 1 saturated heterocycles. The highest BCUT2D eigenvalue weighted by Gasteiger charge is 2.27. The van der Waals surface area contributed by atoms with Crippen LogP contribution in [-0.2, 0) is 14.3 Å². The second-order valence-electron chi connectivity index (χ2n) is 6.19. The van der Waals surface area contributed by atoms with E-state index in [1.165, 1.54) is 0 Å². The SMILES string of the molecule is COc1ccc(C(=O)N[C@@H](C(=O)OC[C@H]2CCCO2)C(C)C)cc1. The summed E-state index contributed by atoms with van der Waals surface area (Å²) in [6, 6.07) is 6.03. The lowest BCUT2D eigenvalue weighted by molar-refractivity contribution is -0.150. The van der Waals surface area contributed by atoms with Gasteiger partial charge in [-0.1, -0.05) is 13.8 Å². The Morgan fingerprint density at radius 2 is 2.00 bits per heavy atom. The Kier molecular flexibility index (Phi) is 6.61. The van der Waals surface area contributed by atoms with E-state index in [1.807, 2.05) is 13.8 Å². The van der Waals surface area contributed by atoms with E-state index in [2.05, 4.69) is 5.32 Å². The van der Waals surface area contributed by atoms with Gasteiger partial charge < -0.3 is 19.5 Å². The van der Waals surface area contributed by atoms with E-state index in [4.69, 9.17) is 14.2 Å². The number of carbonyl (C=O) groups excluding carboxylic acids is 2. The average molecular weight is 335 g/mol. The van der Waals surface area contributed by atoms with Crippen LogP contribution < -0.4 is 10.1 Å². The van der Waals surface area contributed by atoms with Crippen molar-refractivity contribution >= 4 is 11.9 Å². The third-order valence-electron chi connectivity index (χ3n) is 3.99. The van der Waals surface area contributed by atoms with Crippen LogP contribution in [0.4, 0.5) is 0 Å². The van der Waals surface area contributed by atoms with Gasteiger partial charge in [-0.3, -0.25) is 4.79 Å². The molecule has 1 aliphatic rings. The molecule has 1 heterocycles. The Morgan fingerprint density at radius 1 is 1.29 bits per heavy atom. The van der Waals surface area contributed by atoms with E-state index >= 15 is 0 Å². The number of carbonyl (C=O) groups is 2. The molecule has 0 aromatic heterocycles. The molecule has 6 nitrogen and oxygen atoms in total. The molecular weight excluding hydrogens is 310 g/mol. The highest BCUT2D eigenvalue weighted by molar-refractivity contribution is 5.96. The Hall–Kier alpha value is -2.08. The fraction of sp³-hybridized carbons (Fsp3) is 0.556. The summed E-state index contributed by atoms with van der Waals surface area (Å²) in [5, 5.41) is 2.75. The number of hydrogen-bond donors (Lipinski definition) is 1. The largest absolute Gasteiger partial charge is 0.497 e. The summed E-state index contributed by atoms with van der Waals surface area (Å²) in [6.45, 7) is 4.68. The van der Waals surface area contributed by atoms with Gasteiger partial charge in [-0.15, -0.1) is 0 Å². The average Bonchev–Trinajstić information content (AvgIpc) is 3.10. The minimum atomic E-state index is -0.694. The first kappa shape index (κ1) is 18.3. The van der Waals surface area contributed by atoms with E-state index < -0.39 is 12.0 Å². The summed E-state index contributed by atoms with van der Waals surface area (Å²) in [5.74, 6) is -0.153. The van der Waals surface area contributed by atoms with Gasteiger partial charge in [-0.25, -0.2) is 4.79 Å². The molecule has 0 radical (unpaired) electrons. The molecule has 1 amide bonds. The maximum atomic E-state index is 12.3. The van der Waals surface area contributed by atoms with Gasteiger partial charge >= 0.3 is 5.97 Å². The van der Waals surface area contributed by atoms with Crippen LogP contribution in [0.2, 0.25) is 0 Å². The number of hydrogen-bond acceptors (Lipinski definition) is 5.